The molecule has 0 unspecified atom stereocenters. The minimum Gasteiger partial charge on any atom is -0.493 e. The first-order valence-corrected chi connectivity index (χ1v) is 9.97. The molecule has 3 rings (SSSR count). The highest BCUT2D eigenvalue weighted by molar-refractivity contribution is 6.00. The van der Waals surface area contributed by atoms with Crippen molar-refractivity contribution in [3.63, 3.8) is 0 Å². The number of nitrogens with one attached hydrogen (secondary N) is 1. The van der Waals surface area contributed by atoms with Crippen LogP contribution in [0.2, 0.25) is 0 Å². The van der Waals surface area contributed by atoms with Crippen molar-refractivity contribution in [1.29, 1.82) is 21.2 Å². The third-order valence-electron chi connectivity index (χ3n) is 5.98. The zero-order valence-corrected chi connectivity index (χ0v) is 17.5. The first kappa shape index (κ1) is 21.4. The highest BCUT2D eigenvalue weighted by atomic mass is 16.5. The number of nitrogens with zero attached hydrogens (tertiary/aromatic N) is 4. The summed E-state index contributed by atoms with van der Waals surface area (Å²) in [6.45, 7) is 3.84. The molecule has 1 saturated carbocycles. The molecule has 1 fully saturated rings. The van der Waals surface area contributed by atoms with Crippen molar-refractivity contribution >= 4 is 5.71 Å². The molecule has 7 nitrogen and oxygen atoms in total. The predicted molar refractivity (Wildman–Crippen MR) is 111 cm³/mol. The van der Waals surface area contributed by atoms with Crippen LogP contribution in [0.25, 0.3) is 0 Å². The Kier molecular flexibility index (Phi) is 6.11. The third kappa shape index (κ3) is 3.30. The average Bonchev–Trinajstić information content (AvgIpc) is 2.77. The first-order chi connectivity index (χ1) is 14.5. The maximum Gasteiger partial charge on any atom is 0.189 e. The summed E-state index contributed by atoms with van der Waals surface area (Å²) in [6, 6.07) is 11.8. The monoisotopic (exact) mass is 403 g/mol. The van der Waals surface area contributed by atoms with Crippen LogP contribution in [0.3, 0.4) is 0 Å². The van der Waals surface area contributed by atoms with Gasteiger partial charge in [0.15, 0.2) is 16.9 Å². The quantitative estimate of drug-likeness (QED) is 0.754. The molecule has 0 saturated heterocycles. The highest BCUT2D eigenvalue weighted by Gasteiger charge is 2.57. The number of hydrogen-bond acceptors (Lipinski definition) is 7. The normalized spacial score (nSPS) is 25.1. The lowest BCUT2D eigenvalue weighted by molar-refractivity contribution is 0.234. The molecule has 30 heavy (non-hydrogen) atoms. The van der Waals surface area contributed by atoms with Gasteiger partial charge in [-0.1, -0.05) is 19.1 Å². The summed E-state index contributed by atoms with van der Waals surface area (Å²) >= 11 is 0. The van der Waals surface area contributed by atoms with Gasteiger partial charge in [-0.15, -0.1) is 0 Å². The number of ether oxygens (including phenoxy) is 2. The number of rotatable bonds is 5. The molecule has 1 aromatic rings. The standard InChI is InChI=1S/C23H25N5O2/c1-4-9-30-19-6-5-15(10-20(19)29-3)21-18-12-28(2)8-7-16(18)17(11-24)22(27)23(21,13-25)14-26/h5-7,10,17-18,21,27H,4,8-9,12H2,1-3H3/t17-,18+,21-/m1/s1. The molecule has 2 aliphatic rings. The van der Waals surface area contributed by atoms with Crippen LogP contribution in [0.15, 0.2) is 29.8 Å². The third-order valence-corrected chi connectivity index (χ3v) is 5.98. The van der Waals surface area contributed by atoms with Crippen molar-refractivity contribution in [2.45, 2.75) is 19.3 Å². The summed E-state index contributed by atoms with van der Waals surface area (Å²) in [7, 11) is 3.52. The van der Waals surface area contributed by atoms with Crippen molar-refractivity contribution in [2.75, 3.05) is 33.9 Å². The first-order valence-electron chi connectivity index (χ1n) is 9.97. The van der Waals surface area contributed by atoms with E-state index in [2.05, 4.69) is 23.1 Å². The maximum absolute atomic E-state index is 10.1. The molecule has 1 aromatic carbocycles. The number of likely N-dealkylation sites (N-methyl/N-ethyl adjacent to an activating group) is 1. The smallest absolute Gasteiger partial charge is 0.189 e. The van der Waals surface area contributed by atoms with Crippen LogP contribution in [-0.2, 0) is 0 Å². The van der Waals surface area contributed by atoms with Crippen molar-refractivity contribution in [2.24, 2.45) is 17.3 Å². The minimum absolute atomic E-state index is 0.141. The van der Waals surface area contributed by atoms with E-state index in [0.29, 0.717) is 31.2 Å². The molecule has 3 atom stereocenters. The Labute approximate surface area is 177 Å². The number of benzene rings is 1. The second-order valence-electron chi connectivity index (χ2n) is 7.78. The maximum atomic E-state index is 10.1. The summed E-state index contributed by atoms with van der Waals surface area (Å²) in [5, 5.41) is 38.6. The molecule has 1 aliphatic heterocycles. The summed E-state index contributed by atoms with van der Waals surface area (Å²) in [5.74, 6) is -0.552. The largest absolute Gasteiger partial charge is 0.493 e. The SMILES string of the molecule is CCCOc1ccc([C@@H]2[C@H]3CN(C)CC=C3[C@@H](C#N)C(=N)C2(C#N)C#N)cc1OC. The van der Waals surface area contributed by atoms with Gasteiger partial charge in [-0.3, -0.25) is 0 Å². The van der Waals surface area contributed by atoms with Gasteiger partial charge in [-0.2, -0.15) is 15.8 Å². The summed E-state index contributed by atoms with van der Waals surface area (Å²) in [6.07, 6.45) is 2.83. The van der Waals surface area contributed by atoms with Crippen molar-refractivity contribution < 1.29 is 9.47 Å². The topological polar surface area (TPSA) is 117 Å². The molecule has 154 valence electrons. The Bertz CT molecular complexity index is 980. The van der Waals surface area contributed by atoms with Gasteiger partial charge in [0.1, 0.15) is 5.92 Å². The summed E-state index contributed by atoms with van der Waals surface area (Å²) in [4.78, 5) is 2.10. The lowest BCUT2D eigenvalue weighted by Gasteiger charge is -2.47. The van der Waals surface area contributed by atoms with Crippen molar-refractivity contribution in [3.05, 3.63) is 35.4 Å². The van der Waals surface area contributed by atoms with Crippen LogP contribution >= 0.6 is 0 Å². The van der Waals surface area contributed by atoms with Gasteiger partial charge < -0.3 is 19.8 Å². The molecule has 0 amide bonds. The minimum atomic E-state index is -1.72. The van der Waals surface area contributed by atoms with Gasteiger partial charge in [0, 0.05) is 24.9 Å². The van der Waals surface area contributed by atoms with E-state index in [0.717, 1.165) is 17.6 Å². The van der Waals surface area contributed by atoms with Crippen LogP contribution in [0.5, 0.6) is 11.5 Å². The fourth-order valence-electron chi connectivity index (χ4n) is 4.54. The molecular formula is C23H25N5O2. The van der Waals surface area contributed by atoms with E-state index >= 15 is 0 Å². The average molecular weight is 403 g/mol. The number of methoxy groups -OCH3 is 1. The van der Waals surface area contributed by atoms with Crippen LogP contribution in [0, 0.1) is 56.7 Å². The van der Waals surface area contributed by atoms with E-state index in [4.69, 9.17) is 14.9 Å². The molecule has 0 aromatic heterocycles. The van der Waals surface area contributed by atoms with Crippen molar-refractivity contribution in [3.8, 4) is 29.7 Å². The van der Waals surface area contributed by atoms with Gasteiger partial charge in [-0.25, -0.2) is 0 Å². The second kappa shape index (κ2) is 8.57. The fourth-order valence-corrected chi connectivity index (χ4v) is 4.54. The molecule has 0 radical (unpaired) electrons. The highest BCUT2D eigenvalue weighted by Crippen LogP contribution is 2.54. The van der Waals surface area contributed by atoms with E-state index in [1.165, 1.54) is 0 Å². The van der Waals surface area contributed by atoms with Crippen LogP contribution in [0.4, 0.5) is 0 Å². The molecule has 1 heterocycles. The fraction of sp³-hybridized carbons (Fsp3) is 0.478. The molecule has 1 aliphatic carbocycles. The molecule has 0 spiro atoms. The molecule has 0 bridgehead atoms. The van der Waals surface area contributed by atoms with E-state index in [9.17, 15) is 15.8 Å². The lowest BCUT2D eigenvalue weighted by Crippen LogP contribution is -2.52. The van der Waals surface area contributed by atoms with Crippen LogP contribution in [-0.4, -0.2) is 44.5 Å². The summed E-state index contributed by atoms with van der Waals surface area (Å²) < 4.78 is 11.3. The Morgan fingerprint density at radius 1 is 1.23 bits per heavy atom. The Balaban J connectivity index is 2.19. The van der Waals surface area contributed by atoms with E-state index in [-0.39, 0.29) is 11.6 Å². The van der Waals surface area contributed by atoms with Crippen LogP contribution in [0.1, 0.15) is 24.8 Å². The summed E-state index contributed by atoms with van der Waals surface area (Å²) in [5.41, 5.74) is -0.308. The zero-order chi connectivity index (χ0) is 21.9. The second-order valence-corrected chi connectivity index (χ2v) is 7.78. The van der Waals surface area contributed by atoms with Gasteiger partial charge in [0.25, 0.3) is 0 Å². The van der Waals surface area contributed by atoms with Gasteiger partial charge in [-0.05, 0) is 36.7 Å². The van der Waals surface area contributed by atoms with Gasteiger partial charge in [0.2, 0.25) is 0 Å². The predicted octanol–water partition coefficient (Wildman–Crippen LogP) is 3.26. The Morgan fingerprint density at radius 3 is 2.57 bits per heavy atom. The van der Waals surface area contributed by atoms with E-state index in [1.807, 2.05) is 26.1 Å². The number of nitriles is 3. The molecule has 7 heteroatoms. The molecular weight excluding hydrogens is 378 g/mol. The van der Waals surface area contributed by atoms with E-state index < -0.39 is 17.3 Å². The Morgan fingerprint density at radius 2 is 1.97 bits per heavy atom. The van der Waals surface area contributed by atoms with Crippen molar-refractivity contribution in [1.82, 2.24) is 4.90 Å². The number of hydrogen-bond donors (Lipinski definition) is 1. The zero-order valence-electron chi connectivity index (χ0n) is 17.5. The molecule has 1 N–H and O–H groups in total. The lowest BCUT2D eigenvalue weighted by atomic mass is 9.54. The number of fused-ring (bicyclic) bond motifs is 1. The van der Waals surface area contributed by atoms with Gasteiger partial charge in [0.05, 0.1) is 37.6 Å². The van der Waals surface area contributed by atoms with Crippen LogP contribution < -0.4 is 9.47 Å². The Hall–Kier alpha value is -3.34. The van der Waals surface area contributed by atoms with Gasteiger partial charge >= 0.3 is 0 Å². The van der Waals surface area contributed by atoms with E-state index in [1.54, 1.807) is 19.2 Å².